The highest BCUT2D eigenvalue weighted by molar-refractivity contribution is 5.79. The lowest BCUT2D eigenvalue weighted by molar-refractivity contribution is -0.127. The van der Waals surface area contributed by atoms with E-state index in [1.807, 2.05) is 6.92 Å². The Morgan fingerprint density at radius 2 is 2.20 bits per heavy atom. The van der Waals surface area contributed by atoms with Crippen LogP contribution in [0, 0.1) is 0 Å². The van der Waals surface area contributed by atoms with Crippen LogP contribution in [-0.2, 0) is 4.79 Å². The van der Waals surface area contributed by atoms with E-state index in [0.29, 0.717) is 24.0 Å². The molecule has 1 atom stereocenters. The first-order chi connectivity index (χ1) is 9.70. The van der Waals surface area contributed by atoms with Crippen LogP contribution in [0.1, 0.15) is 25.8 Å². The van der Waals surface area contributed by atoms with Crippen molar-refractivity contribution in [1.29, 1.82) is 0 Å². The average Bonchev–Trinajstić information content (AvgIpc) is 2.81. The zero-order valence-corrected chi connectivity index (χ0v) is 11.3. The smallest absolute Gasteiger partial charge is 0.280 e. The second-order valence-electron chi connectivity index (χ2n) is 5.03. The van der Waals surface area contributed by atoms with Crippen molar-refractivity contribution in [3.63, 3.8) is 0 Å². The molecule has 6 nitrogen and oxygen atoms in total. The maximum absolute atomic E-state index is 12.4. The fraction of sp³-hybridized carbons (Fsp3) is 0.429. The maximum Gasteiger partial charge on any atom is 0.280 e. The van der Waals surface area contributed by atoms with Crippen LogP contribution in [0.2, 0.25) is 0 Å². The number of carbonyl (C=O) groups is 1. The number of nitrogens with zero attached hydrogens (tertiary/aromatic N) is 4. The number of hydrogen-bond acceptors (Lipinski definition) is 4. The Balaban J connectivity index is 1.98. The summed E-state index contributed by atoms with van der Waals surface area (Å²) in [5.41, 5.74) is 0.770. The molecule has 2 aromatic heterocycles. The molecule has 1 aliphatic heterocycles. The van der Waals surface area contributed by atoms with Crippen LogP contribution in [-0.4, -0.2) is 38.4 Å². The summed E-state index contributed by atoms with van der Waals surface area (Å²) in [7, 11) is 0. The molecule has 0 spiro atoms. The molecule has 3 heterocycles. The first-order valence-corrected chi connectivity index (χ1v) is 6.80. The van der Waals surface area contributed by atoms with Gasteiger partial charge in [0.05, 0.1) is 17.9 Å². The van der Waals surface area contributed by atoms with E-state index < -0.39 is 0 Å². The second-order valence-corrected chi connectivity index (χ2v) is 5.03. The molecule has 0 unspecified atom stereocenters. The highest BCUT2D eigenvalue weighted by Crippen LogP contribution is 2.21. The van der Waals surface area contributed by atoms with Crippen molar-refractivity contribution in [2.24, 2.45) is 0 Å². The van der Waals surface area contributed by atoms with Gasteiger partial charge in [-0.05, 0) is 18.6 Å². The first-order valence-electron chi connectivity index (χ1n) is 6.80. The van der Waals surface area contributed by atoms with Gasteiger partial charge in [0.25, 0.3) is 5.56 Å². The fourth-order valence-electron chi connectivity index (χ4n) is 2.65. The quantitative estimate of drug-likeness (QED) is 0.835. The summed E-state index contributed by atoms with van der Waals surface area (Å²) in [5.74, 6) is 0.102. The number of pyridine rings is 1. The number of hydrogen-bond donors (Lipinski definition) is 0. The predicted octanol–water partition coefficient (Wildman–Crippen LogP) is 0.975. The summed E-state index contributed by atoms with van der Waals surface area (Å²) in [5, 5.41) is 0. The van der Waals surface area contributed by atoms with Crippen molar-refractivity contribution in [3.8, 4) is 0 Å². The van der Waals surface area contributed by atoms with Gasteiger partial charge < -0.3 is 4.90 Å². The second kappa shape index (κ2) is 5.03. The van der Waals surface area contributed by atoms with E-state index in [-0.39, 0.29) is 17.5 Å². The molecule has 0 aromatic carbocycles. The van der Waals surface area contributed by atoms with Crippen LogP contribution in [0.25, 0.3) is 11.0 Å². The number of aromatic nitrogens is 3. The van der Waals surface area contributed by atoms with Gasteiger partial charge in [-0.15, -0.1) is 0 Å². The number of likely N-dealkylation sites (tertiary alicyclic amines) is 1. The van der Waals surface area contributed by atoms with Gasteiger partial charge in [-0.1, -0.05) is 6.92 Å². The van der Waals surface area contributed by atoms with Crippen LogP contribution in [0.3, 0.4) is 0 Å². The molecule has 3 rings (SSSR count). The van der Waals surface area contributed by atoms with E-state index in [0.717, 1.165) is 13.0 Å². The summed E-state index contributed by atoms with van der Waals surface area (Å²) in [6.45, 7) is 3.35. The molecule has 1 saturated heterocycles. The van der Waals surface area contributed by atoms with Crippen LogP contribution >= 0.6 is 0 Å². The Kier molecular flexibility index (Phi) is 3.22. The van der Waals surface area contributed by atoms with Crippen molar-refractivity contribution in [3.05, 3.63) is 35.0 Å². The first kappa shape index (κ1) is 12.8. The monoisotopic (exact) mass is 272 g/mol. The number of carbonyl (C=O) groups excluding carboxylic acids is 1. The van der Waals surface area contributed by atoms with Crippen LogP contribution in [0.5, 0.6) is 0 Å². The Morgan fingerprint density at radius 1 is 1.35 bits per heavy atom. The molecule has 20 heavy (non-hydrogen) atoms. The molecule has 2 aromatic rings. The van der Waals surface area contributed by atoms with Gasteiger partial charge in [-0.2, -0.15) is 0 Å². The molecule has 0 aliphatic carbocycles. The summed E-state index contributed by atoms with van der Waals surface area (Å²) in [6, 6.07) is 3.37. The van der Waals surface area contributed by atoms with E-state index in [9.17, 15) is 9.59 Å². The van der Waals surface area contributed by atoms with E-state index >= 15 is 0 Å². The van der Waals surface area contributed by atoms with Crippen LogP contribution < -0.4 is 5.56 Å². The Bertz CT molecular complexity index is 710. The van der Waals surface area contributed by atoms with Gasteiger partial charge in [-0.3, -0.25) is 14.2 Å². The largest absolute Gasteiger partial charge is 0.341 e. The third kappa shape index (κ3) is 2.07. The van der Waals surface area contributed by atoms with Gasteiger partial charge in [0, 0.05) is 25.7 Å². The molecule has 6 heteroatoms. The van der Waals surface area contributed by atoms with E-state index in [2.05, 4.69) is 9.97 Å². The van der Waals surface area contributed by atoms with Crippen molar-refractivity contribution >= 4 is 16.9 Å². The van der Waals surface area contributed by atoms with Gasteiger partial charge in [-0.25, -0.2) is 9.97 Å². The highest BCUT2D eigenvalue weighted by atomic mass is 16.2. The average molecular weight is 272 g/mol. The van der Waals surface area contributed by atoms with Crippen molar-refractivity contribution in [1.82, 2.24) is 19.4 Å². The molecule has 0 bridgehead atoms. The van der Waals surface area contributed by atoms with Gasteiger partial charge >= 0.3 is 0 Å². The van der Waals surface area contributed by atoms with Gasteiger partial charge in [0.2, 0.25) is 5.91 Å². The van der Waals surface area contributed by atoms with Crippen LogP contribution in [0.4, 0.5) is 0 Å². The van der Waals surface area contributed by atoms with Gasteiger partial charge in [0.1, 0.15) is 0 Å². The lowest BCUT2D eigenvalue weighted by Crippen LogP contribution is -2.29. The minimum Gasteiger partial charge on any atom is -0.341 e. The van der Waals surface area contributed by atoms with Crippen molar-refractivity contribution < 1.29 is 4.79 Å². The molecule has 1 amide bonds. The van der Waals surface area contributed by atoms with Crippen molar-refractivity contribution in [2.75, 3.05) is 13.1 Å². The summed E-state index contributed by atoms with van der Waals surface area (Å²) in [6.07, 6.45) is 4.39. The Hall–Kier alpha value is -2.24. The Labute approximate surface area is 116 Å². The molecular weight excluding hydrogens is 256 g/mol. The minimum absolute atomic E-state index is 0.102. The van der Waals surface area contributed by atoms with Gasteiger partial charge in [0.15, 0.2) is 5.52 Å². The third-order valence-corrected chi connectivity index (χ3v) is 3.63. The van der Waals surface area contributed by atoms with Crippen LogP contribution in [0.15, 0.2) is 29.5 Å². The molecule has 0 N–H and O–H groups in total. The fourth-order valence-corrected chi connectivity index (χ4v) is 2.65. The topological polar surface area (TPSA) is 68.1 Å². The molecule has 0 saturated carbocycles. The van der Waals surface area contributed by atoms with E-state index in [4.69, 9.17) is 0 Å². The summed E-state index contributed by atoms with van der Waals surface area (Å²) < 4.78 is 1.54. The number of amides is 1. The van der Waals surface area contributed by atoms with Crippen molar-refractivity contribution in [2.45, 2.75) is 25.8 Å². The maximum atomic E-state index is 12.4. The number of rotatable bonds is 3. The minimum atomic E-state index is -0.174. The number of fused-ring (bicyclic) bond motifs is 1. The zero-order valence-electron chi connectivity index (χ0n) is 11.3. The normalized spacial score (nSPS) is 18.9. The highest BCUT2D eigenvalue weighted by Gasteiger charge is 2.31. The summed E-state index contributed by atoms with van der Waals surface area (Å²) in [4.78, 5) is 34.5. The molecular formula is C14H16N4O2. The molecule has 1 aliphatic rings. The molecule has 0 radical (unpaired) electrons. The predicted molar refractivity (Wildman–Crippen MR) is 74.3 cm³/mol. The third-order valence-electron chi connectivity index (χ3n) is 3.63. The molecule has 1 fully saturated rings. The summed E-state index contributed by atoms with van der Waals surface area (Å²) >= 11 is 0. The Morgan fingerprint density at radius 3 is 3.00 bits per heavy atom. The zero-order chi connectivity index (χ0) is 14.1. The molecule has 104 valence electrons. The van der Waals surface area contributed by atoms with E-state index in [1.165, 1.54) is 6.33 Å². The standard InChI is InChI=1S/C14H16N4O2/c1-2-6-17-8-10(7-12(17)19)18-9-16-11-4-3-5-15-13(11)14(18)20/h3-5,9-10H,2,6-8H2,1H3/t10-/m1/s1. The lowest BCUT2D eigenvalue weighted by Gasteiger charge is -2.16. The lowest BCUT2D eigenvalue weighted by atomic mass is 10.2. The van der Waals surface area contributed by atoms with E-state index in [1.54, 1.807) is 27.8 Å². The SMILES string of the molecule is CCCN1C[C@H](n2cnc3cccnc3c2=O)CC1=O.